The quantitative estimate of drug-likeness (QED) is 0.621. The van der Waals surface area contributed by atoms with Crippen LogP contribution in [0.25, 0.3) is 6.08 Å². The van der Waals surface area contributed by atoms with Crippen LogP contribution in [0.2, 0.25) is 0 Å². The van der Waals surface area contributed by atoms with Crippen LogP contribution in [0.5, 0.6) is 5.75 Å². The Bertz CT molecular complexity index is 692. The highest BCUT2D eigenvalue weighted by Gasteiger charge is 2.36. The first kappa shape index (κ1) is 16.6. The van der Waals surface area contributed by atoms with Gasteiger partial charge < -0.3 is 9.47 Å². The molecule has 0 unspecified atom stereocenters. The molecule has 3 rings (SSSR count). The summed E-state index contributed by atoms with van der Waals surface area (Å²) >= 11 is 0. The van der Waals surface area contributed by atoms with Crippen LogP contribution >= 0.6 is 0 Å². The molecule has 0 amide bonds. The van der Waals surface area contributed by atoms with Crippen LogP contribution in [0.15, 0.2) is 23.8 Å². The summed E-state index contributed by atoms with van der Waals surface area (Å²) in [5.41, 5.74) is 1.02. The number of morpholine rings is 1. The highest BCUT2D eigenvalue weighted by molar-refractivity contribution is 6.02. The van der Waals surface area contributed by atoms with Gasteiger partial charge in [-0.25, -0.2) is 0 Å². The number of benzene rings is 1. The van der Waals surface area contributed by atoms with Gasteiger partial charge in [-0.15, -0.1) is 0 Å². The molecule has 2 aliphatic rings. The minimum atomic E-state index is -0.614. The zero-order chi connectivity index (χ0) is 17.3. The molecule has 1 aromatic carbocycles. The monoisotopic (exact) mass is 332 g/mol. The van der Waals surface area contributed by atoms with Crippen LogP contribution in [-0.4, -0.2) is 48.1 Å². The lowest BCUT2D eigenvalue weighted by molar-refractivity contribution is -0.386. The predicted molar refractivity (Wildman–Crippen MR) is 87.7 cm³/mol. The first-order chi connectivity index (χ1) is 11.5. The summed E-state index contributed by atoms with van der Waals surface area (Å²) in [5, 5.41) is 11.3. The second-order valence-electron chi connectivity index (χ2n) is 6.19. The van der Waals surface area contributed by atoms with Crippen molar-refractivity contribution in [3.05, 3.63) is 39.4 Å². The van der Waals surface area contributed by atoms with Crippen LogP contribution in [-0.2, 0) is 9.53 Å². The number of carbonyl (C=O) groups is 1. The fourth-order valence-electron chi connectivity index (χ4n) is 2.95. The average Bonchev–Trinajstić information content (AvgIpc) is 2.59. The summed E-state index contributed by atoms with van der Waals surface area (Å²) in [5.74, 6) is 0.0339. The van der Waals surface area contributed by atoms with Gasteiger partial charge in [0.05, 0.1) is 23.7 Å². The van der Waals surface area contributed by atoms with Crippen LogP contribution in [0.1, 0.15) is 19.4 Å². The van der Waals surface area contributed by atoms with Crippen molar-refractivity contribution in [1.29, 1.82) is 0 Å². The van der Waals surface area contributed by atoms with Gasteiger partial charge in [-0.05, 0) is 6.08 Å². The summed E-state index contributed by atoms with van der Waals surface area (Å²) in [7, 11) is 0. The molecule has 2 heterocycles. The predicted octanol–water partition coefficient (Wildman–Crippen LogP) is 2.25. The minimum Gasteiger partial charge on any atom is -0.463 e. The Labute approximate surface area is 140 Å². The molecular formula is C17H20N2O5. The van der Waals surface area contributed by atoms with Crippen molar-refractivity contribution in [2.24, 2.45) is 5.92 Å². The van der Waals surface area contributed by atoms with Gasteiger partial charge in [0.25, 0.3) is 0 Å². The van der Waals surface area contributed by atoms with Gasteiger partial charge in [-0.2, -0.15) is 0 Å². The molecule has 0 radical (unpaired) electrons. The number of carbonyl (C=O) groups excluding carboxylic acids is 1. The number of ketones is 1. The van der Waals surface area contributed by atoms with Crippen molar-refractivity contribution in [2.75, 3.05) is 26.3 Å². The summed E-state index contributed by atoms with van der Waals surface area (Å²) in [6.45, 7) is 6.00. The molecule has 0 aromatic heterocycles. The van der Waals surface area contributed by atoms with E-state index in [9.17, 15) is 14.9 Å². The first-order valence-electron chi connectivity index (χ1n) is 8.00. The van der Waals surface area contributed by atoms with E-state index >= 15 is 0 Å². The molecule has 7 nitrogen and oxygen atoms in total. The van der Waals surface area contributed by atoms with Crippen molar-refractivity contribution in [1.82, 2.24) is 4.90 Å². The fraction of sp³-hybridized carbons (Fsp3) is 0.471. The van der Waals surface area contributed by atoms with Crippen molar-refractivity contribution < 1.29 is 19.2 Å². The number of nitro benzene ring substituents is 1. The number of Topliss-reactive ketones (excluding diaryl/α,β-unsaturated/α-hetero) is 1. The topological polar surface area (TPSA) is 81.9 Å². The van der Waals surface area contributed by atoms with E-state index in [1.807, 2.05) is 18.7 Å². The maximum absolute atomic E-state index is 12.6. The van der Waals surface area contributed by atoms with Gasteiger partial charge in [-0.1, -0.05) is 26.0 Å². The Kier molecular flexibility index (Phi) is 4.64. The van der Waals surface area contributed by atoms with E-state index in [1.165, 1.54) is 6.07 Å². The van der Waals surface area contributed by atoms with Crippen LogP contribution < -0.4 is 4.74 Å². The second kappa shape index (κ2) is 6.70. The van der Waals surface area contributed by atoms with Crippen molar-refractivity contribution in [3.8, 4) is 5.75 Å². The Morgan fingerprint density at radius 1 is 1.33 bits per heavy atom. The highest BCUT2D eigenvalue weighted by atomic mass is 16.6. The Morgan fingerprint density at radius 3 is 2.67 bits per heavy atom. The maximum Gasteiger partial charge on any atom is 0.311 e. The standard InChI is InChI=1S/C17H20N2O5/c1-11(2)15(20)13-10-12-4-3-5-14(19(21)22)16(12)24-17(13)18-6-8-23-9-7-18/h3-5,10-11,17H,6-9H2,1-2H3/t17-/m0/s1. The number of nitro groups is 1. The van der Waals surface area contributed by atoms with E-state index in [0.29, 0.717) is 37.4 Å². The van der Waals surface area contributed by atoms with E-state index < -0.39 is 11.2 Å². The lowest BCUT2D eigenvalue weighted by Gasteiger charge is -2.37. The zero-order valence-electron chi connectivity index (χ0n) is 13.7. The summed E-state index contributed by atoms with van der Waals surface area (Å²) < 4.78 is 11.3. The smallest absolute Gasteiger partial charge is 0.311 e. The van der Waals surface area contributed by atoms with Crippen LogP contribution in [0, 0.1) is 16.0 Å². The molecule has 0 saturated carbocycles. The normalized spacial score (nSPS) is 21.0. The summed E-state index contributed by atoms with van der Waals surface area (Å²) in [4.78, 5) is 25.5. The molecule has 1 atom stereocenters. The van der Waals surface area contributed by atoms with Gasteiger partial charge in [0.15, 0.2) is 12.0 Å². The largest absolute Gasteiger partial charge is 0.463 e. The Hall–Kier alpha value is -2.25. The molecule has 1 saturated heterocycles. The molecule has 7 heteroatoms. The van der Waals surface area contributed by atoms with Gasteiger partial charge in [0, 0.05) is 30.6 Å². The number of ether oxygens (including phenoxy) is 2. The lowest BCUT2D eigenvalue weighted by atomic mass is 9.94. The van der Waals surface area contributed by atoms with E-state index in [4.69, 9.17) is 9.47 Å². The molecule has 0 spiro atoms. The third kappa shape index (κ3) is 3.05. The lowest BCUT2D eigenvalue weighted by Crippen LogP contribution is -2.49. The molecule has 0 aliphatic carbocycles. The van der Waals surface area contributed by atoms with Crippen molar-refractivity contribution >= 4 is 17.5 Å². The SMILES string of the molecule is CC(C)C(=O)C1=Cc2cccc([N+](=O)[O-])c2O[C@@H]1N1CCOCC1. The maximum atomic E-state index is 12.6. The number of hydrogen-bond donors (Lipinski definition) is 0. The number of para-hydroxylation sites is 1. The molecule has 0 N–H and O–H groups in total. The van der Waals surface area contributed by atoms with Gasteiger partial charge in [-0.3, -0.25) is 19.8 Å². The van der Waals surface area contributed by atoms with Crippen LogP contribution in [0.3, 0.4) is 0 Å². The number of nitrogens with zero attached hydrogens (tertiary/aromatic N) is 2. The number of fused-ring (bicyclic) bond motifs is 1. The zero-order valence-corrected chi connectivity index (χ0v) is 13.7. The molecule has 128 valence electrons. The van der Waals surface area contributed by atoms with Crippen molar-refractivity contribution in [2.45, 2.75) is 20.1 Å². The second-order valence-corrected chi connectivity index (χ2v) is 6.19. The third-order valence-electron chi connectivity index (χ3n) is 4.21. The van der Waals surface area contributed by atoms with E-state index in [0.717, 1.165) is 0 Å². The minimum absolute atomic E-state index is 0.0105. The number of hydrogen-bond acceptors (Lipinski definition) is 6. The average molecular weight is 332 g/mol. The molecule has 0 bridgehead atoms. The molecular weight excluding hydrogens is 312 g/mol. The Balaban J connectivity index is 2.06. The fourth-order valence-corrected chi connectivity index (χ4v) is 2.95. The van der Waals surface area contributed by atoms with E-state index in [2.05, 4.69) is 0 Å². The Morgan fingerprint density at radius 2 is 2.04 bits per heavy atom. The van der Waals surface area contributed by atoms with E-state index in [-0.39, 0.29) is 23.1 Å². The third-order valence-corrected chi connectivity index (χ3v) is 4.21. The van der Waals surface area contributed by atoms with Crippen molar-refractivity contribution in [3.63, 3.8) is 0 Å². The first-order valence-corrected chi connectivity index (χ1v) is 8.00. The highest BCUT2D eigenvalue weighted by Crippen LogP contribution is 2.39. The molecule has 2 aliphatic heterocycles. The van der Waals surface area contributed by atoms with Gasteiger partial charge in [0.1, 0.15) is 0 Å². The molecule has 24 heavy (non-hydrogen) atoms. The van der Waals surface area contributed by atoms with Gasteiger partial charge in [0.2, 0.25) is 5.75 Å². The summed E-state index contributed by atoms with van der Waals surface area (Å²) in [6.07, 6.45) is 1.12. The van der Waals surface area contributed by atoms with Crippen LogP contribution in [0.4, 0.5) is 5.69 Å². The summed E-state index contributed by atoms with van der Waals surface area (Å²) in [6, 6.07) is 4.74. The van der Waals surface area contributed by atoms with Gasteiger partial charge >= 0.3 is 5.69 Å². The molecule has 1 aromatic rings. The number of rotatable bonds is 4. The molecule has 1 fully saturated rings. The van der Waals surface area contributed by atoms with E-state index in [1.54, 1.807) is 18.2 Å².